The van der Waals surface area contributed by atoms with Crippen molar-refractivity contribution in [2.24, 2.45) is 4.99 Å². The Balaban J connectivity index is 0.00000300. The van der Waals surface area contributed by atoms with Crippen molar-refractivity contribution in [2.45, 2.75) is 82.3 Å². The zero-order valence-electron chi connectivity index (χ0n) is 18.6. The highest BCUT2D eigenvalue weighted by atomic mass is 127. The lowest BCUT2D eigenvalue weighted by Crippen LogP contribution is -2.55. The molecular weight excluding hydrogens is 479 g/mol. The van der Waals surface area contributed by atoms with Crippen LogP contribution in [0.1, 0.15) is 71.1 Å². The van der Waals surface area contributed by atoms with Crippen LogP contribution >= 0.6 is 24.0 Å². The molecule has 0 unspecified atom stereocenters. The van der Waals surface area contributed by atoms with Crippen LogP contribution in [0.4, 0.5) is 0 Å². The average molecular weight is 523 g/mol. The second-order valence-electron chi connectivity index (χ2n) is 8.88. The van der Waals surface area contributed by atoms with E-state index >= 15 is 0 Å². The fourth-order valence-corrected chi connectivity index (χ4v) is 5.16. The summed E-state index contributed by atoms with van der Waals surface area (Å²) in [5.41, 5.74) is 0.141. The largest absolute Gasteiger partial charge is 0.381 e. The van der Waals surface area contributed by atoms with Gasteiger partial charge in [-0.25, -0.2) is 0 Å². The first-order chi connectivity index (χ1) is 13.7. The SMILES string of the molecule is CCNC(=NCC1(N2CCCCC2)CCCCC1)NCC1(OC)CCOCC1.I. The number of methoxy groups -OCH3 is 1. The third kappa shape index (κ3) is 6.94. The first-order valence-corrected chi connectivity index (χ1v) is 11.6. The van der Waals surface area contributed by atoms with Gasteiger partial charge in [-0.05, 0) is 45.7 Å². The van der Waals surface area contributed by atoms with Gasteiger partial charge in [0.2, 0.25) is 0 Å². The maximum Gasteiger partial charge on any atom is 0.191 e. The molecule has 0 aromatic heterocycles. The van der Waals surface area contributed by atoms with E-state index in [-0.39, 0.29) is 35.1 Å². The lowest BCUT2D eigenvalue weighted by Gasteiger charge is -2.47. The van der Waals surface area contributed by atoms with Gasteiger partial charge in [-0.2, -0.15) is 0 Å². The molecule has 2 aliphatic heterocycles. The summed E-state index contributed by atoms with van der Waals surface area (Å²) < 4.78 is 11.4. The Morgan fingerprint density at radius 3 is 2.24 bits per heavy atom. The molecule has 6 nitrogen and oxygen atoms in total. The molecule has 3 fully saturated rings. The average Bonchev–Trinajstić information content (AvgIpc) is 2.77. The molecule has 0 spiro atoms. The fourth-order valence-electron chi connectivity index (χ4n) is 5.16. The van der Waals surface area contributed by atoms with Gasteiger partial charge in [0.1, 0.15) is 0 Å². The number of guanidine groups is 1. The first-order valence-electron chi connectivity index (χ1n) is 11.6. The number of ether oxygens (including phenoxy) is 2. The van der Waals surface area contributed by atoms with Crippen molar-refractivity contribution in [3.63, 3.8) is 0 Å². The van der Waals surface area contributed by atoms with Crippen LogP contribution in [0, 0.1) is 0 Å². The molecule has 3 rings (SSSR count). The maximum atomic E-state index is 5.88. The Hall–Kier alpha value is -0.120. The van der Waals surface area contributed by atoms with Crippen molar-refractivity contribution in [1.29, 1.82) is 0 Å². The summed E-state index contributed by atoms with van der Waals surface area (Å²) >= 11 is 0. The highest BCUT2D eigenvalue weighted by molar-refractivity contribution is 14.0. The van der Waals surface area contributed by atoms with Crippen LogP contribution < -0.4 is 10.6 Å². The molecule has 7 heteroatoms. The van der Waals surface area contributed by atoms with E-state index in [9.17, 15) is 0 Å². The Kier molecular flexibility index (Phi) is 11.0. The molecule has 0 radical (unpaired) electrons. The van der Waals surface area contributed by atoms with E-state index in [0.29, 0.717) is 0 Å². The van der Waals surface area contributed by atoms with E-state index in [0.717, 1.165) is 51.6 Å². The molecular formula is C22H43IN4O2. The van der Waals surface area contributed by atoms with Crippen molar-refractivity contribution >= 4 is 29.9 Å². The molecule has 0 atom stereocenters. The van der Waals surface area contributed by atoms with Gasteiger partial charge in [-0.3, -0.25) is 9.89 Å². The number of halogens is 1. The quantitative estimate of drug-likeness (QED) is 0.305. The van der Waals surface area contributed by atoms with Gasteiger partial charge in [0.15, 0.2) is 5.96 Å². The van der Waals surface area contributed by atoms with Crippen LogP contribution in [-0.2, 0) is 9.47 Å². The molecule has 0 aromatic rings. The van der Waals surface area contributed by atoms with Crippen molar-refractivity contribution < 1.29 is 9.47 Å². The first kappa shape index (κ1) is 25.1. The maximum absolute atomic E-state index is 5.88. The molecule has 29 heavy (non-hydrogen) atoms. The minimum atomic E-state index is -0.135. The molecule has 1 saturated carbocycles. The van der Waals surface area contributed by atoms with Crippen LogP contribution in [0.2, 0.25) is 0 Å². The number of likely N-dealkylation sites (tertiary alicyclic amines) is 1. The van der Waals surface area contributed by atoms with Crippen molar-refractivity contribution in [3.05, 3.63) is 0 Å². The minimum Gasteiger partial charge on any atom is -0.381 e. The van der Waals surface area contributed by atoms with Crippen molar-refractivity contribution in [2.75, 3.05) is 53.0 Å². The summed E-state index contributed by atoms with van der Waals surface area (Å²) in [5.74, 6) is 0.937. The highest BCUT2D eigenvalue weighted by Crippen LogP contribution is 2.36. The normalized spacial score (nSPS) is 25.1. The molecule has 0 bridgehead atoms. The van der Waals surface area contributed by atoms with Crippen LogP contribution in [0.25, 0.3) is 0 Å². The van der Waals surface area contributed by atoms with E-state index in [1.54, 1.807) is 0 Å². The third-order valence-corrected chi connectivity index (χ3v) is 7.10. The predicted molar refractivity (Wildman–Crippen MR) is 130 cm³/mol. The van der Waals surface area contributed by atoms with Gasteiger partial charge < -0.3 is 20.1 Å². The highest BCUT2D eigenvalue weighted by Gasteiger charge is 2.38. The number of nitrogens with one attached hydrogen (secondary N) is 2. The molecule has 170 valence electrons. The minimum absolute atomic E-state index is 0. The molecule has 3 aliphatic rings. The van der Waals surface area contributed by atoms with Crippen LogP contribution in [0.3, 0.4) is 0 Å². The Labute approximate surface area is 195 Å². The second kappa shape index (κ2) is 12.7. The van der Waals surface area contributed by atoms with Gasteiger partial charge in [-0.15, -0.1) is 24.0 Å². The van der Waals surface area contributed by atoms with Gasteiger partial charge in [0, 0.05) is 51.8 Å². The van der Waals surface area contributed by atoms with E-state index in [4.69, 9.17) is 14.5 Å². The Bertz CT molecular complexity index is 485. The summed E-state index contributed by atoms with van der Waals surface area (Å²) in [6.07, 6.45) is 12.7. The summed E-state index contributed by atoms with van der Waals surface area (Å²) in [6.45, 7) is 8.78. The van der Waals surface area contributed by atoms with Crippen LogP contribution in [-0.4, -0.2) is 75.0 Å². The second-order valence-corrected chi connectivity index (χ2v) is 8.88. The third-order valence-electron chi connectivity index (χ3n) is 7.10. The molecule has 1 aliphatic carbocycles. The van der Waals surface area contributed by atoms with E-state index in [2.05, 4.69) is 22.5 Å². The smallest absolute Gasteiger partial charge is 0.191 e. The summed E-state index contributed by atoms with van der Waals surface area (Å²) in [4.78, 5) is 7.88. The summed E-state index contributed by atoms with van der Waals surface area (Å²) in [7, 11) is 1.82. The molecule has 0 amide bonds. The lowest BCUT2D eigenvalue weighted by atomic mass is 9.79. The standard InChI is InChI=1S/C22H42N4O2.HI/c1-3-23-20(25-19-22(27-2)12-16-28-17-13-22)24-18-21(10-6-4-7-11-21)26-14-8-5-9-15-26;/h3-19H2,1-2H3,(H2,23,24,25);1H. The zero-order valence-corrected chi connectivity index (χ0v) is 21.0. The number of hydrogen-bond acceptors (Lipinski definition) is 4. The number of aliphatic imine (C=N–C) groups is 1. The topological polar surface area (TPSA) is 58.1 Å². The number of nitrogens with zero attached hydrogens (tertiary/aromatic N) is 2. The van der Waals surface area contributed by atoms with Gasteiger partial charge >= 0.3 is 0 Å². The van der Waals surface area contributed by atoms with Gasteiger partial charge in [0.25, 0.3) is 0 Å². The van der Waals surface area contributed by atoms with E-state index < -0.39 is 0 Å². The van der Waals surface area contributed by atoms with E-state index in [1.807, 2.05) is 7.11 Å². The van der Waals surface area contributed by atoms with Crippen molar-refractivity contribution in [1.82, 2.24) is 15.5 Å². The van der Waals surface area contributed by atoms with Gasteiger partial charge in [0.05, 0.1) is 12.1 Å². The number of hydrogen-bond donors (Lipinski definition) is 2. The van der Waals surface area contributed by atoms with Crippen LogP contribution in [0.15, 0.2) is 4.99 Å². The Morgan fingerprint density at radius 1 is 0.966 bits per heavy atom. The molecule has 2 heterocycles. The van der Waals surface area contributed by atoms with Crippen LogP contribution in [0.5, 0.6) is 0 Å². The summed E-state index contributed by atoms with van der Waals surface area (Å²) in [5, 5.41) is 7.04. The zero-order chi connectivity index (χ0) is 19.7. The number of piperidine rings is 1. The van der Waals surface area contributed by atoms with Crippen molar-refractivity contribution in [3.8, 4) is 0 Å². The predicted octanol–water partition coefficient (Wildman–Crippen LogP) is 3.54. The fraction of sp³-hybridized carbons (Fsp3) is 0.955. The Morgan fingerprint density at radius 2 is 1.62 bits per heavy atom. The molecule has 2 saturated heterocycles. The van der Waals surface area contributed by atoms with E-state index in [1.165, 1.54) is 64.5 Å². The molecule has 2 N–H and O–H groups in total. The summed E-state index contributed by atoms with van der Waals surface area (Å²) in [6, 6.07) is 0. The monoisotopic (exact) mass is 522 g/mol. The van der Waals surface area contributed by atoms with Gasteiger partial charge in [-0.1, -0.05) is 25.7 Å². The number of rotatable bonds is 7. The lowest BCUT2D eigenvalue weighted by molar-refractivity contribution is -0.0855. The molecule has 0 aromatic carbocycles.